The summed E-state index contributed by atoms with van der Waals surface area (Å²) in [4.78, 5) is 14.6. The maximum atomic E-state index is 12.1. The first-order valence-electron chi connectivity index (χ1n) is 8.04. The van der Waals surface area contributed by atoms with E-state index < -0.39 is 0 Å². The van der Waals surface area contributed by atoms with Crippen LogP contribution in [0.3, 0.4) is 0 Å². The van der Waals surface area contributed by atoms with Crippen LogP contribution in [0.1, 0.15) is 49.9 Å². The Bertz CT molecular complexity index is 387. The molecule has 0 N–H and O–H groups in total. The van der Waals surface area contributed by atoms with E-state index in [2.05, 4.69) is 18.7 Å². The van der Waals surface area contributed by atoms with Gasteiger partial charge in [0.15, 0.2) is 5.78 Å². The molecule has 0 atom stereocenters. The quantitative estimate of drug-likeness (QED) is 0.581. The van der Waals surface area contributed by atoms with Gasteiger partial charge >= 0.3 is 0 Å². The number of nitrogens with zero attached hydrogens (tertiary/aromatic N) is 1. The molecule has 0 saturated heterocycles. The average molecular weight is 291 g/mol. The highest BCUT2D eigenvalue weighted by atomic mass is 16.5. The van der Waals surface area contributed by atoms with Gasteiger partial charge in [-0.3, -0.25) is 9.69 Å². The van der Waals surface area contributed by atoms with Crippen LogP contribution in [-0.4, -0.2) is 43.5 Å². The first kappa shape index (κ1) is 17.9. The van der Waals surface area contributed by atoms with Crippen LogP contribution in [0.25, 0.3) is 0 Å². The molecular weight excluding hydrogens is 262 g/mol. The van der Waals surface area contributed by atoms with E-state index in [-0.39, 0.29) is 5.78 Å². The topological polar surface area (TPSA) is 29.5 Å². The molecule has 0 unspecified atom stereocenters. The monoisotopic (exact) mass is 291 g/mol. The van der Waals surface area contributed by atoms with Gasteiger partial charge < -0.3 is 4.74 Å². The van der Waals surface area contributed by atoms with Crippen LogP contribution in [-0.2, 0) is 4.74 Å². The van der Waals surface area contributed by atoms with Crippen molar-refractivity contribution in [2.24, 2.45) is 0 Å². The minimum absolute atomic E-state index is 0.242. The van der Waals surface area contributed by atoms with Gasteiger partial charge in [-0.2, -0.15) is 0 Å². The number of rotatable bonds is 11. The highest BCUT2D eigenvalue weighted by molar-refractivity contribution is 5.95. The number of methoxy groups -OCH3 is 1. The predicted molar refractivity (Wildman–Crippen MR) is 87.8 cm³/mol. The summed E-state index contributed by atoms with van der Waals surface area (Å²) in [5.41, 5.74) is 0.823. The van der Waals surface area contributed by atoms with E-state index in [1.807, 2.05) is 30.3 Å². The van der Waals surface area contributed by atoms with Crippen LogP contribution in [0.2, 0.25) is 0 Å². The Hall–Kier alpha value is -1.19. The van der Waals surface area contributed by atoms with Gasteiger partial charge in [0.1, 0.15) is 0 Å². The molecule has 0 heterocycles. The third-order valence-corrected chi connectivity index (χ3v) is 3.99. The number of Topliss-reactive ketones (excluding diaryl/α,β-unsaturated/α-hetero) is 1. The molecule has 118 valence electrons. The lowest BCUT2D eigenvalue weighted by atomic mass is 10.1. The van der Waals surface area contributed by atoms with Crippen molar-refractivity contribution >= 4 is 5.78 Å². The van der Waals surface area contributed by atoms with Crippen molar-refractivity contribution < 1.29 is 9.53 Å². The largest absolute Gasteiger partial charge is 0.383 e. The van der Waals surface area contributed by atoms with Gasteiger partial charge in [0.2, 0.25) is 0 Å². The minimum Gasteiger partial charge on any atom is -0.383 e. The van der Waals surface area contributed by atoms with Crippen molar-refractivity contribution in [2.75, 3.05) is 26.8 Å². The Morgan fingerprint density at radius 3 is 2.38 bits per heavy atom. The molecule has 1 aromatic carbocycles. The Morgan fingerprint density at radius 1 is 1.14 bits per heavy atom. The number of benzene rings is 1. The third-order valence-electron chi connectivity index (χ3n) is 3.99. The second-order valence-electron chi connectivity index (χ2n) is 5.39. The van der Waals surface area contributed by atoms with Gasteiger partial charge in [-0.15, -0.1) is 0 Å². The average Bonchev–Trinajstić information content (AvgIpc) is 2.53. The zero-order valence-corrected chi connectivity index (χ0v) is 13.7. The highest BCUT2D eigenvalue weighted by Gasteiger charge is 2.15. The Kier molecular flexibility index (Phi) is 8.95. The van der Waals surface area contributed by atoms with Crippen molar-refractivity contribution in [2.45, 2.75) is 45.6 Å². The van der Waals surface area contributed by atoms with Crippen LogP contribution < -0.4 is 0 Å². The Morgan fingerprint density at radius 2 is 1.81 bits per heavy atom. The summed E-state index contributed by atoms with van der Waals surface area (Å²) in [6.45, 7) is 7.12. The number of carbonyl (C=O) groups is 1. The van der Waals surface area contributed by atoms with E-state index in [0.717, 1.165) is 44.5 Å². The normalized spacial score (nSPS) is 11.3. The van der Waals surface area contributed by atoms with Crippen molar-refractivity contribution in [3.63, 3.8) is 0 Å². The summed E-state index contributed by atoms with van der Waals surface area (Å²) in [7, 11) is 1.74. The smallest absolute Gasteiger partial charge is 0.162 e. The maximum absolute atomic E-state index is 12.1. The van der Waals surface area contributed by atoms with Gasteiger partial charge in [-0.25, -0.2) is 0 Å². The molecule has 1 aromatic rings. The van der Waals surface area contributed by atoms with Crippen LogP contribution in [0.15, 0.2) is 30.3 Å². The second kappa shape index (κ2) is 10.5. The molecule has 21 heavy (non-hydrogen) atoms. The molecule has 3 nitrogen and oxygen atoms in total. The van der Waals surface area contributed by atoms with Crippen LogP contribution >= 0.6 is 0 Å². The lowest BCUT2D eigenvalue weighted by molar-refractivity contribution is 0.0948. The molecule has 0 spiro atoms. The molecule has 0 aliphatic carbocycles. The van der Waals surface area contributed by atoms with Crippen molar-refractivity contribution in [1.29, 1.82) is 0 Å². The van der Waals surface area contributed by atoms with E-state index in [0.29, 0.717) is 12.5 Å². The zero-order valence-electron chi connectivity index (χ0n) is 13.7. The standard InChI is InChI=1S/C18H29NO2/c1-4-17(5-2)19(14-15-21-3)13-9-12-18(20)16-10-7-6-8-11-16/h6-8,10-11,17H,4-5,9,12-15H2,1-3H3. The molecule has 0 aliphatic heterocycles. The van der Waals surface area contributed by atoms with E-state index in [4.69, 9.17) is 4.74 Å². The summed E-state index contributed by atoms with van der Waals surface area (Å²) in [6, 6.07) is 10.2. The molecule has 0 aromatic heterocycles. The predicted octanol–water partition coefficient (Wildman–Crippen LogP) is 3.79. The molecule has 0 radical (unpaired) electrons. The van der Waals surface area contributed by atoms with Crippen molar-refractivity contribution in [3.8, 4) is 0 Å². The first-order valence-corrected chi connectivity index (χ1v) is 8.04. The number of ketones is 1. The van der Waals surface area contributed by atoms with Gasteiger partial charge in [0.05, 0.1) is 6.61 Å². The van der Waals surface area contributed by atoms with Crippen LogP contribution in [0.5, 0.6) is 0 Å². The van der Waals surface area contributed by atoms with Gasteiger partial charge in [0, 0.05) is 31.7 Å². The number of carbonyl (C=O) groups excluding carboxylic acids is 1. The van der Waals surface area contributed by atoms with Gasteiger partial charge in [-0.05, 0) is 25.8 Å². The number of ether oxygens (including phenoxy) is 1. The molecule has 0 saturated carbocycles. The minimum atomic E-state index is 0.242. The van der Waals surface area contributed by atoms with Crippen LogP contribution in [0, 0.1) is 0 Å². The zero-order chi connectivity index (χ0) is 15.5. The fourth-order valence-corrected chi connectivity index (χ4v) is 2.70. The maximum Gasteiger partial charge on any atom is 0.162 e. The summed E-state index contributed by atoms with van der Waals surface area (Å²) in [5, 5.41) is 0. The lowest BCUT2D eigenvalue weighted by Crippen LogP contribution is -2.37. The molecule has 0 amide bonds. The van der Waals surface area contributed by atoms with E-state index in [1.165, 1.54) is 0 Å². The third kappa shape index (κ3) is 6.40. The van der Waals surface area contributed by atoms with Crippen LogP contribution in [0.4, 0.5) is 0 Å². The number of hydrogen-bond acceptors (Lipinski definition) is 3. The molecule has 1 rings (SSSR count). The molecular formula is C18H29NO2. The van der Waals surface area contributed by atoms with E-state index >= 15 is 0 Å². The lowest BCUT2D eigenvalue weighted by Gasteiger charge is -2.30. The van der Waals surface area contributed by atoms with Crippen molar-refractivity contribution in [1.82, 2.24) is 4.90 Å². The Labute approximate surface area is 129 Å². The summed E-state index contributed by atoms with van der Waals surface area (Å²) in [6.07, 6.45) is 3.82. The van der Waals surface area contributed by atoms with E-state index in [9.17, 15) is 4.79 Å². The molecule has 0 bridgehead atoms. The summed E-state index contributed by atoms with van der Waals surface area (Å²) >= 11 is 0. The first-order chi connectivity index (χ1) is 10.2. The van der Waals surface area contributed by atoms with Gasteiger partial charge in [-0.1, -0.05) is 44.2 Å². The fraction of sp³-hybridized carbons (Fsp3) is 0.611. The van der Waals surface area contributed by atoms with Gasteiger partial charge in [0.25, 0.3) is 0 Å². The molecule has 0 aliphatic rings. The summed E-state index contributed by atoms with van der Waals surface area (Å²) < 4.78 is 5.20. The molecule has 0 fully saturated rings. The second-order valence-corrected chi connectivity index (χ2v) is 5.39. The Balaban J connectivity index is 2.43. The highest BCUT2D eigenvalue weighted by Crippen LogP contribution is 2.11. The molecule has 3 heteroatoms. The van der Waals surface area contributed by atoms with Crippen molar-refractivity contribution in [3.05, 3.63) is 35.9 Å². The summed E-state index contributed by atoms with van der Waals surface area (Å²) in [5.74, 6) is 0.242. The SMILES string of the molecule is CCC(CC)N(CCCC(=O)c1ccccc1)CCOC. The number of hydrogen-bond donors (Lipinski definition) is 0. The fourth-order valence-electron chi connectivity index (χ4n) is 2.70. The van der Waals surface area contributed by atoms with E-state index in [1.54, 1.807) is 7.11 Å².